The van der Waals surface area contributed by atoms with E-state index in [-0.39, 0.29) is 11.3 Å². The molecule has 1 amide bonds. The van der Waals surface area contributed by atoms with Gasteiger partial charge in [0.2, 0.25) is 5.91 Å². The molecule has 1 aliphatic heterocycles. The Morgan fingerprint density at radius 3 is 2.90 bits per heavy atom. The van der Waals surface area contributed by atoms with E-state index >= 15 is 0 Å². The third kappa shape index (κ3) is 4.54. The zero-order valence-corrected chi connectivity index (χ0v) is 12.8. The monoisotopic (exact) mass is 294 g/mol. The number of ether oxygens (including phenoxy) is 1. The predicted octanol–water partition coefficient (Wildman–Crippen LogP) is 0.796. The molecule has 0 atom stereocenters. The van der Waals surface area contributed by atoms with Crippen LogP contribution in [0.5, 0.6) is 0 Å². The van der Waals surface area contributed by atoms with Crippen LogP contribution in [0.2, 0.25) is 0 Å². The van der Waals surface area contributed by atoms with Crippen molar-refractivity contribution < 1.29 is 9.53 Å². The molecule has 0 aromatic carbocycles. The summed E-state index contributed by atoms with van der Waals surface area (Å²) in [6.45, 7) is 3.96. The summed E-state index contributed by atoms with van der Waals surface area (Å²) in [5, 5.41) is 6.39. The van der Waals surface area contributed by atoms with Crippen LogP contribution >= 0.6 is 0 Å². The Labute approximate surface area is 126 Å². The average Bonchev–Trinajstić information content (AvgIpc) is 3.01. The number of methoxy groups -OCH3 is 1. The van der Waals surface area contributed by atoms with Crippen LogP contribution < -0.4 is 10.6 Å². The number of hydrogen-bond acceptors (Lipinski definition) is 4. The van der Waals surface area contributed by atoms with Crippen LogP contribution in [-0.2, 0) is 16.1 Å². The molecule has 0 spiro atoms. The SMILES string of the molecule is COCC1(C(=O)NCCCCn2ccnc2)CCNCC1. The number of carbonyl (C=O) groups excluding carboxylic acids is 1. The van der Waals surface area contributed by atoms with Gasteiger partial charge in [0.25, 0.3) is 0 Å². The molecule has 1 aliphatic rings. The van der Waals surface area contributed by atoms with E-state index < -0.39 is 0 Å². The summed E-state index contributed by atoms with van der Waals surface area (Å²) in [7, 11) is 1.67. The van der Waals surface area contributed by atoms with Crippen LogP contribution in [0.25, 0.3) is 0 Å². The molecule has 1 fully saturated rings. The topological polar surface area (TPSA) is 68.2 Å². The number of nitrogens with zero attached hydrogens (tertiary/aromatic N) is 2. The molecular formula is C15H26N4O2. The molecule has 0 saturated carbocycles. The van der Waals surface area contributed by atoms with Crippen molar-refractivity contribution in [2.75, 3.05) is 33.4 Å². The van der Waals surface area contributed by atoms with Gasteiger partial charge in [-0.3, -0.25) is 4.79 Å². The van der Waals surface area contributed by atoms with Crippen molar-refractivity contribution >= 4 is 5.91 Å². The summed E-state index contributed by atoms with van der Waals surface area (Å²) in [6.07, 6.45) is 9.28. The molecule has 1 aromatic heterocycles. The summed E-state index contributed by atoms with van der Waals surface area (Å²) in [4.78, 5) is 16.5. The fraction of sp³-hybridized carbons (Fsp3) is 0.733. The Balaban J connectivity index is 1.69. The van der Waals surface area contributed by atoms with Gasteiger partial charge in [0.1, 0.15) is 0 Å². The fourth-order valence-corrected chi connectivity index (χ4v) is 2.85. The number of aromatic nitrogens is 2. The van der Waals surface area contributed by atoms with Crippen LogP contribution in [0.4, 0.5) is 0 Å². The summed E-state index contributed by atoms with van der Waals surface area (Å²) in [5.41, 5.74) is -0.343. The van der Waals surface area contributed by atoms with E-state index in [0.29, 0.717) is 6.61 Å². The zero-order valence-electron chi connectivity index (χ0n) is 12.8. The largest absolute Gasteiger partial charge is 0.384 e. The summed E-state index contributed by atoms with van der Waals surface area (Å²) >= 11 is 0. The summed E-state index contributed by atoms with van der Waals surface area (Å²) in [5.74, 6) is 0.147. The van der Waals surface area contributed by atoms with Gasteiger partial charge in [-0.05, 0) is 38.8 Å². The maximum Gasteiger partial charge on any atom is 0.228 e. The fourth-order valence-electron chi connectivity index (χ4n) is 2.85. The average molecular weight is 294 g/mol. The highest BCUT2D eigenvalue weighted by Gasteiger charge is 2.39. The number of imidazole rings is 1. The second-order valence-electron chi connectivity index (χ2n) is 5.73. The Kier molecular flexibility index (Phi) is 6.20. The van der Waals surface area contributed by atoms with Crippen molar-refractivity contribution in [3.63, 3.8) is 0 Å². The van der Waals surface area contributed by atoms with Crippen LogP contribution in [0.1, 0.15) is 25.7 Å². The van der Waals surface area contributed by atoms with Crippen molar-refractivity contribution in [1.29, 1.82) is 0 Å². The van der Waals surface area contributed by atoms with E-state index in [9.17, 15) is 4.79 Å². The number of nitrogens with one attached hydrogen (secondary N) is 2. The first-order chi connectivity index (χ1) is 10.3. The van der Waals surface area contributed by atoms with Gasteiger partial charge in [-0.15, -0.1) is 0 Å². The smallest absolute Gasteiger partial charge is 0.228 e. The van der Waals surface area contributed by atoms with E-state index in [1.54, 1.807) is 13.3 Å². The molecule has 2 heterocycles. The Bertz CT molecular complexity index is 408. The van der Waals surface area contributed by atoms with Crippen molar-refractivity contribution in [2.24, 2.45) is 5.41 Å². The summed E-state index contributed by atoms with van der Waals surface area (Å²) in [6, 6.07) is 0. The van der Waals surface area contributed by atoms with Crippen LogP contribution in [-0.4, -0.2) is 48.8 Å². The lowest BCUT2D eigenvalue weighted by Crippen LogP contribution is -2.50. The van der Waals surface area contributed by atoms with Gasteiger partial charge in [0.05, 0.1) is 18.3 Å². The Morgan fingerprint density at radius 2 is 2.24 bits per heavy atom. The van der Waals surface area contributed by atoms with E-state index in [2.05, 4.69) is 20.2 Å². The third-order valence-corrected chi connectivity index (χ3v) is 4.15. The first-order valence-electron chi connectivity index (χ1n) is 7.70. The highest BCUT2D eigenvalue weighted by Crippen LogP contribution is 2.29. The van der Waals surface area contributed by atoms with Gasteiger partial charge in [-0.2, -0.15) is 0 Å². The number of aryl methyl sites for hydroxylation is 1. The number of rotatable bonds is 8. The molecule has 118 valence electrons. The molecule has 1 aromatic rings. The number of carbonyl (C=O) groups is 1. The number of hydrogen-bond donors (Lipinski definition) is 2. The maximum absolute atomic E-state index is 12.5. The van der Waals surface area contributed by atoms with Crippen molar-refractivity contribution in [2.45, 2.75) is 32.2 Å². The molecule has 6 nitrogen and oxygen atoms in total. The van der Waals surface area contributed by atoms with Gasteiger partial charge in [0, 0.05) is 32.6 Å². The number of amides is 1. The van der Waals surface area contributed by atoms with Gasteiger partial charge in [0.15, 0.2) is 0 Å². The van der Waals surface area contributed by atoms with Gasteiger partial charge < -0.3 is 19.9 Å². The molecule has 0 aliphatic carbocycles. The highest BCUT2D eigenvalue weighted by molar-refractivity contribution is 5.82. The van der Waals surface area contributed by atoms with Crippen LogP contribution in [0.3, 0.4) is 0 Å². The molecule has 2 N–H and O–H groups in total. The second kappa shape index (κ2) is 8.14. The minimum absolute atomic E-state index is 0.147. The lowest BCUT2D eigenvalue weighted by Gasteiger charge is -2.35. The van der Waals surface area contributed by atoms with Crippen LogP contribution in [0, 0.1) is 5.41 Å². The number of piperidine rings is 1. The standard InChI is InChI=1S/C15H26N4O2/c1-21-12-15(4-7-16-8-5-15)14(20)18-6-2-3-10-19-11-9-17-13-19/h9,11,13,16H,2-8,10,12H2,1H3,(H,18,20). The van der Waals surface area contributed by atoms with Gasteiger partial charge in [-0.25, -0.2) is 4.98 Å². The third-order valence-electron chi connectivity index (χ3n) is 4.15. The first-order valence-corrected chi connectivity index (χ1v) is 7.70. The Hall–Kier alpha value is -1.40. The molecule has 6 heteroatoms. The van der Waals surface area contributed by atoms with E-state index in [0.717, 1.165) is 51.9 Å². The molecule has 2 rings (SSSR count). The maximum atomic E-state index is 12.5. The minimum Gasteiger partial charge on any atom is -0.384 e. The molecule has 1 saturated heterocycles. The lowest BCUT2D eigenvalue weighted by atomic mass is 9.78. The lowest BCUT2D eigenvalue weighted by molar-refractivity contribution is -0.136. The molecule has 0 radical (unpaired) electrons. The zero-order chi connectivity index (χ0) is 15.0. The molecular weight excluding hydrogens is 268 g/mol. The van der Waals surface area contributed by atoms with Gasteiger partial charge >= 0.3 is 0 Å². The van der Waals surface area contributed by atoms with E-state index in [1.807, 2.05) is 12.5 Å². The molecule has 0 unspecified atom stereocenters. The highest BCUT2D eigenvalue weighted by atomic mass is 16.5. The second-order valence-corrected chi connectivity index (χ2v) is 5.73. The molecule has 21 heavy (non-hydrogen) atoms. The first kappa shape index (κ1) is 16.0. The van der Waals surface area contributed by atoms with E-state index in [4.69, 9.17) is 4.74 Å². The van der Waals surface area contributed by atoms with Crippen molar-refractivity contribution in [3.05, 3.63) is 18.7 Å². The van der Waals surface area contributed by atoms with E-state index in [1.165, 1.54) is 0 Å². The Morgan fingerprint density at radius 1 is 1.43 bits per heavy atom. The van der Waals surface area contributed by atoms with Gasteiger partial charge in [-0.1, -0.05) is 0 Å². The minimum atomic E-state index is -0.343. The number of unbranched alkanes of at least 4 members (excludes halogenated alkanes) is 1. The van der Waals surface area contributed by atoms with Crippen molar-refractivity contribution in [3.8, 4) is 0 Å². The normalized spacial score (nSPS) is 17.6. The van der Waals surface area contributed by atoms with Crippen LogP contribution in [0.15, 0.2) is 18.7 Å². The predicted molar refractivity (Wildman–Crippen MR) is 80.9 cm³/mol. The quantitative estimate of drug-likeness (QED) is 0.696. The molecule has 0 bridgehead atoms. The van der Waals surface area contributed by atoms with Crippen molar-refractivity contribution in [1.82, 2.24) is 20.2 Å². The summed E-state index contributed by atoms with van der Waals surface area (Å²) < 4.78 is 7.34.